The van der Waals surface area contributed by atoms with E-state index in [1.165, 1.54) is 37.6 Å². The van der Waals surface area contributed by atoms with E-state index in [2.05, 4.69) is 52.3 Å². The maximum atomic E-state index is 14.6. The first kappa shape index (κ1) is 99.7. The second-order valence-corrected chi connectivity index (χ2v) is 37.9. The topological polar surface area (TPSA) is 406 Å². The van der Waals surface area contributed by atoms with E-state index in [0.29, 0.717) is 130 Å². The Morgan fingerprint density at radius 2 is 0.896 bits per heavy atom. The number of hydrogen-bond acceptors (Lipinski definition) is 17. The van der Waals surface area contributed by atoms with Crippen molar-refractivity contribution in [1.29, 1.82) is 0 Å². The molecule has 5 aromatic heterocycles. The standard InChI is InChI=1S/C24H25F4N5O4.C22H18F7N3O4.2C22H24FN3O4S/c1-11-15(19(34)21(36)32-23(22(37)29-3)9-24(27,28)10-23)14-5-4-8-33(14)18(11)20(35)31-13-6-7-30-17(12(2)25)16(13)26;1-9-14(17(33)20(35)31-21(7-36-8-21)22(27,28)29)13-5-10(23)6-32(13)16(9)19(34)30-12-4-2-3-11(15(12)24)18(25)26;2*1-12-6-7-14(9-15(12)23)24-20(28)18-13(2)17(16-5-4-8-26(16)18)19(27)21(29)25-22(3)10-31(30)11-22/h6-7,12H,4-5,8-10H2,1-3H3,(H,29,37)(H,32,36)(H,30,31,35);2-4,10,18H,5-8H2,1H3,(H,30,34)(H,31,35);2*6-7,9H,4-5,8,10-11H2,1-3H3,(H,24,28)(H,25,29)/t;10-;;/m.1../s1. The van der Waals surface area contributed by atoms with E-state index >= 15 is 0 Å². The molecule has 7 aliphatic heterocycles. The van der Waals surface area contributed by atoms with Crippen LogP contribution in [0, 0.1) is 64.8 Å². The molecule has 720 valence electrons. The lowest BCUT2D eigenvalue weighted by Crippen LogP contribution is -2.71. The van der Waals surface area contributed by atoms with Gasteiger partial charge in [0.2, 0.25) is 5.91 Å². The molecule has 1 aliphatic carbocycles. The molecule has 3 saturated heterocycles. The zero-order valence-corrected chi connectivity index (χ0v) is 75.6. The molecule has 8 aliphatic rings. The second-order valence-electron chi connectivity index (χ2n) is 34.9. The van der Waals surface area contributed by atoms with E-state index in [-0.39, 0.29) is 50.6 Å². The average Bonchev–Trinajstić information content (AvgIpc) is 1.63. The number of aryl methyl sites for hydroxylation is 2. The predicted octanol–water partition coefficient (Wildman–Crippen LogP) is 10.9. The molecule has 0 radical (unpaired) electrons. The molecule has 135 heavy (non-hydrogen) atoms. The molecule has 0 bridgehead atoms. The van der Waals surface area contributed by atoms with E-state index in [1.54, 1.807) is 80.3 Å². The van der Waals surface area contributed by atoms with Crippen LogP contribution in [0.1, 0.15) is 216 Å². The highest BCUT2D eigenvalue weighted by Crippen LogP contribution is 2.47. The Bertz CT molecular complexity index is 6180. The summed E-state index contributed by atoms with van der Waals surface area (Å²) in [6, 6.07) is 12.9. The van der Waals surface area contributed by atoms with Crippen LogP contribution in [0.5, 0.6) is 0 Å². The quantitative estimate of drug-likeness (QED) is 0.0163. The average molecular weight is 1940 g/mol. The predicted molar refractivity (Wildman–Crippen MR) is 462 cm³/mol. The number of hydrogen-bond donors (Lipinski definition) is 9. The number of alkyl halides is 9. The number of aromatic nitrogens is 5. The molecule has 1 saturated carbocycles. The third-order valence-corrected chi connectivity index (χ3v) is 28.5. The highest BCUT2D eigenvalue weighted by molar-refractivity contribution is 7.87. The van der Waals surface area contributed by atoms with E-state index in [9.17, 15) is 128 Å². The molecule has 1 unspecified atom stereocenters. The molecule has 45 heteroatoms. The Kier molecular flexibility index (Phi) is 28.2. The number of ether oxygens (including phenoxy) is 1. The number of nitrogens with zero attached hydrogens (tertiary/aromatic N) is 5. The lowest BCUT2D eigenvalue weighted by molar-refractivity contribution is -0.265. The number of nitrogens with one attached hydrogen (secondary N) is 9. The van der Waals surface area contributed by atoms with Crippen LogP contribution in [-0.4, -0.2) is 192 Å². The number of anilines is 4. The first-order chi connectivity index (χ1) is 63.3. The van der Waals surface area contributed by atoms with Crippen molar-refractivity contribution in [2.75, 3.05) is 64.5 Å². The normalized spacial score (nSPS) is 19.9. The first-order valence-corrected chi connectivity index (χ1v) is 45.3. The number of carbonyl (C=O) groups excluding carboxylic acids is 13. The Balaban J connectivity index is 0.000000153. The largest absolute Gasteiger partial charge is 0.416 e. The fourth-order valence-corrected chi connectivity index (χ4v) is 21.1. The molecule has 2 atom stereocenters. The molecule has 12 heterocycles. The SMILES string of the molecule is CNC(=O)C1(NC(=O)C(=O)c2c(C)c(C(=O)Nc3ccnc(C(C)F)c3F)n3c2CCC3)CC(F)(F)C1.Cc1c(C(=O)C(=O)NC2(C(F)(F)F)COC2)c2n(c1C(=O)Nc1cccc(C(F)F)c1F)C[C@H](F)C2.Cc1ccc(NC(=O)c2c(C)c(C(=O)C(=O)NC3(C)CS(=O)C3)c3n2CCC3)cc1F.Cc1ccc(NC(=O)c2c(C)c(C(=O)C(=O)NC3(C)CS(=O)C3)c3n2CCC3)cc1F. The lowest BCUT2D eigenvalue weighted by atomic mass is 9.72. The van der Waals surface area contributed by atoms with Crippen LogP contribution in [0.25, 0.3) is 0 Å². The Morgan fingerprint density at radius 3 is 1.26 bits per heavy atom. The molecule has 4 fully saturated rings. The van der Waals surface area contributed by atoms with Crippen LogP contribution in [0.3, 0.4) is 0 Å². The van der Waals surface area contributed by atoms with Gasteiger partial charge in [-0.1, -0.05) is 24.3 Å². The smallest absolute Gasteiger partial charge is 0.376 e. The van der Waals surface area contributed by atoms with Gasteiger partial charge in [0.25, 0.3) is 82.7 Å². The second kappa shape index (κ2) is 38.2. The number of benzene rings is 3. The van der Waals surface area contributed by atoms with Crippen LogP contribution >= 0.6 is 0 Å². The van der Waals surface area contributed by atoms with Gasteiger partial charge in [-0.3, -0.25) is 75.7 Å². The summed E-state index contributed by atoms with van der Waals surface area (Å²) in [6.07, 6.45) is -8.94. The number of ketones is 4. The fourth-order valence-electron chi connectivity index (χ4n) is 18.1. The summed E-state index contributed by atoms with van der Waals surface area (Å²) in [5, 5.41) is 21.3. The minimum atomic E-state index is -4.91. The van der Waals surface area contributed by atoms with Crippen molar-refractivity contribution in [2.45, 2.75) is 199 Å². The van der Waals surface area contributed by atoms with Gasteiger partial charge >= 0.3 is 6.18 Å². The Morgan fingerprint density at radius 1 is 0.511 bits per heavy atom. The zero-order chi connectivity index (χ0) is 98.9. The van der Waals surface area contributed by atoms with Crippen molar-refractivity contribution in [3.8, 4) is 0 Å². The van der Waals surface area contributed by atoms with Crippen LogP contribution in [0.15, 0.2) is 66.9 Å². The molecule has 9 amide bonds. The Labute approximate surface area is 765 Å². The summed E-state index contributed by atoms with van der Waals surface area (Å²) < 4.78 is 211. The van der Waals surface area contributed by atoms with E-state index in [4.69, 9.17) is 0 Å². The van der Waals surface area contributed by atoms with Gasteiger partial charge in [0, 0.05) is 131 Å². The molecule has 0 spiro atoms. The van der Waals surface area contributed by atoms with Crippen molar-refractivity contribution in [2.24, 2.45) is 0 Å². The van der Waals surface area contributed by atoms with Crippen molar-refractivity contribution < 1.29 is 133 Å². The van der Waals surface area contributed by atoms with Gasteiger partial charge in [-0.05, 0) is 171 Å². The number of likely N-dealkylation sites (N-methyl/N-ethyl adjacent to an activating group) is 1. The maximum Gasteiger partial charge on any atom is 0.416 e. The van der Waals surface area contributed by atoms with Crippen molar-refractivity contribution in [3.63, 3.8) is 0 Å². The molecule has 3 aromatic carbocycles. The number of fused-ring (bicyclic) bond motifs is 4. The van der Waals surface area contributed by atoms with E-state index < -0.39 is 236 Å². The first-order valence-electron chi connectivity index (χ1n) is 42.3. The van der Waals surface area contributed by atoms with Gasteiger partial charge in [0.1, 0.15) is 58.0 Å². The van der Waals surface area contributed by atoms with Gasteiger partial charge in [0.15, 0.2) is 17.2 Å². The summed E-state index contributed by atoms with van der Waals surface area (Å²) in [5.74, 6) is -17.1. The van der Waals surface area contributed by atoms with Crippen LogP contribution in [0.4, 0.5) is 79.8 Å². The molecular weight excluding hydrogens is 1840 g/mol. The third kappa shape index (κ3) is 19.6. The van der Waals surface area contributed by atoms with Gasteiger partial charge in [-0.15, -0.1) is 0 Å². The monoisotopic (exact) mass is 1930 g/mol. The van der Waals surface area contributed by atoms with Gasteiger partial charge in [-0.25, -0.2) is 43.9 Å². The van der Waals surface area contributed by atoms with Gasteiger partial charge < -0.3 is 70.9 Å². The van der Waals surface area contributed by atoms with E-state index in [0.717, 1.165) is 54.8 Å². The number of Topliss-reactive ketones (excluding diaryl/α,β-unsaturated/α-hetero) is 4. The lowest BCUT2D eigenvalue weighted by Gasteiger charge is -2.45. The number of halogens is 13. The third-order valence-electron chi connectivity index (χ3n) is 24.6. The van der Waals surface area contributed by atoms with Crippen molar-refractivity contribution in [1.82, 2.24) is 49.8 Å². The maximum absolute atomic E-state index is 14.6. The summed E-state index contributed by atoms with van der Waals surface area (Å²) in [7, 11) is -0.719. The summed E-state index contributed by atoms with van der Waals surface area (Å²) in [4.78, 5) is 171. The fraction of sp³-hybridized carbons (Fsp3) is 0.422. The number of pyridine rings is 1. The summed E-state index contributed by atoms with van der Waals surface area (Å²) >= 11 is 0. The molecule has 16 rings (SSSR count). The zero-order valence-electron chi connectivity index (χ0n) is 74.0. The minimum Gasteiger partial charge on any atom is -0.376 e. The molecule has 30 nitrogen and oxygen atoms in total. The van der Waals surface area contributed by atoms with Crippen LogP contribution < -0.4 is 47.9 Å². The molecular formula is C90H91F13N14O16S2. The van der Waals surface area contributed by atoms with Crippen molar-refractivity contribution in [3.05, 3.63) is 203 Å². The van der Waals surface area contributed by atoms with Crippen LogP contribution in [-0.2, 0) is 102 Å². The van der Waals surface area contributed by atoms with Crippen LogP contribution in [0.2, 0.25) is 0 Å². The Hall–Kier alpha value is -12.8. The summed E-state index contributed by atoms with van der Waals surface area (Å²) in [6.45, 7) is 13.1. The van der Waals surface area contributed by atoms with Crippen molar-refractivity contribution >= 4 is 121 Å². The summed E-state index contributed by atoms with van der Waals surface area (Å²) in [5.41, 5.74) is -4.08. The minimum absolute atomic E-state index is 0.00546. The highest BCUT2D eigenvalue weighted by Gasteiger charge is 2.63. The molecule has 9 N–H and O–H groups in total. The number of rotatable bonds is 23. The number of carbonyl (C=O) groups is 13. The van der Waals surface area contributed by atoms with Gasteiger partial charge in [0.05, 0.1) is 70.0 Å². The molecule has 8 aromatic rings. The number of amides is 9. The van der Waals surface area contributed by atoms with Gasteiger partial charge in [-0.2, -0.15) is 13.2 Å². The van der Waals surface area contributed by atoms with E-state index in [1.807, 2.05) is 0 Å². The highest BCUT2D eigenvalue weighted by atomic mass is 32.2.